The summed E-state index contributed by atoms with van der Waals surface area (Å²) in [5, 5.41) is 3.86. The third-order valence-corrected chi connectivity index (χ3v) is 1.76. The number of ether oxygens (including phenoxy) is 1. The lowest BCUT2D eigenvalue weighted by atomic mass is 10.4. The van der Waals surface area contributed by atoms with Crippen LogP contribution in [-0.2, 0) is 7.05 Å². The van der Waals surface area contributed by atoms with Gasteiger partial charge in [0.25, 0.3) is 5.56 Å². The molecule has 0 aliphatic carbocycles. The van der Waals surface area contributed by atoms with Crippen LogP contribution in [0.3, 0.4) is 0 Å². The Bertz CT molecular complexity index is 360. The van der Waals surface area contributed by atoms with Crippen molar-refractivity contribution in [2.45, 2.75) is 20.0 Å². The molecule has 0 N–H and O–H groups in total. The summed E-state index contributed by atoms with van der Waals surface area (Å²) in [6.45, 7) is 3.71. The van der Waals surface area contributed by atoms with E-state index in [9.17, 15) is 4.79 Å². The predicted octanol–water partition coefficient (Wildman–Crippen LogP) is 1.22. The summed E-state index contributed by atoms with van der Waals surface area (Å²) in [7, 11) is 1.54. The van der Waals surface area contributed by atoms with Crippen LogP contribution in [0.4, 0.5) is 0 Å². The molecule has 1 rings (SSSR count). The second-order valence-electron chi connectivity index (χ2n) is 2.92. The van der Waals surface area contributed by atoms with Gasteiger partial charge in [0.2, 0.25) is 0 Å². The van der Waals surface area contributed by atoms with Crippen LogP contribution in [0.1, 0.15) is 13.8 Å². The molecule has 0 saturated carbocycles. The molecule has 0 aliphatic rings. The lowest BCUT2D eigenvalue weighted by Gasteiger charge is -2.10. The Labute approximate surface area is 81.1 Å². The van der Waals surface area contributed by atoms with Crippen molar-refractivity contribution in [1.82, 2.24) is 9.78 Å². The number of rotatable bonds is 2. The lowest BCUT2D eigenvalue weighted by molar-refractivity contribution is 0.240. The minimum Gasteiger partial charge on any atom is -0.488 e. The Hall–Kier alpha value is -1.03. The first kappa shape index (κ1) is 10.1. The molecule has 1 aromatic heterocycles. The maximum atomic E-state index is 11.3. The van der Waals surface area contributed by atoms with Crippen molar-refractivity contribution < 1.29 is 4.74 Å². The monoisotopic (exact) mass is 202 g/mol. The van der Waals surface area contributed by atoms with Crippen LogP contribution in [-0.4, -0.2) is 15.9 Å². The fourth-order valence-corrected chi connectivity index (χ4v) is 1.05. The van der Waals surface area contributed by atoms with Gasteiger partial charge in [0.1, 0.15) is 0 Å². The molecule has 0 spiro atoms. The highest BCUT2D eigenvalue weighted by molar-refractivity contribution is 6.31. The molecule has 4 nitrogen and oxygen atoms in total. The third kappa shape index (κ3) is 2.21. The number of hydrogen-bond acceptors (Lipinski definition) is 3. The fourth-order valence-electron chi connectivity index (χ4n) is 0.832. The number of hydrogen-bond donors (Lipinski definition) is 0. The highest BCUT2D eigenvalue weighted by Crippen LogP contribution is 2.18. The Morgan fingerprint density at radius 2 is 2.23 bits per heavy atom. The highest BCUT2D eigenvalue weighted by atomic mass is 35.5. The van der Waals surface area contributed by atoms with Crippen LogP contribution in [0.25, 0.3) is 0 Å². The van der Waals surface area contributed by atoms with Gasteiger partial charge >= 0.3 is 0 Å². The number of aryl methyl sites for hydroxylation is 1. The molecule has 0 amide bonds. The van der Waals surface area contributed by atoms with Crippen molar-refractivity contribution in [3.05, 3.63) is 21.6 Å². The van der Waals surface area contributed by atoms with Crippen molar-refractivity contribution in [2.24, 2.45) is 7.05 Å². The first-order chi connectivity index (χ1) is 6.02. The highest BCUT2D eigenvalue weighted by Gasteiger charge is 2.09. The predicted molar refractivity (Wildman–Crippen MR) is 50.3 cm³/mol. The average molecular weight is 203 g/mol. The van der Waals surface area contributed by atoms with E-state index in [0.717, 1.165) is 4.68 Å². The zero-order chi connectivity index (χ0) is 10.0. The van der Waals surface area contributed by atoms with E-state index in [4.69, 9.17) is 16.3 Å². The third-order valence-electron chi connectivity index (χ3n) is 1.41. The fraction of sp³-hybridized carbons (Fsp3) is 0.500. The van der Waals surface area contributed by atoms with E-state index in [1.165, 1.54) is 13.2 Å². The topological polar surface area (TPSA) is 44.1 Å². The van der Waals surface area contributed by atoms with Crippen LogP contribution in [0.2, 0.25) is 5.02 Å². The van der Waals surface area contributed by atoms with Crippen LogP contribution >= 0.6 is 11.6 Å². The summed E-state index contributed by atoms with van der Waals surface area (Å²) in [6, 6.07) is 0. The van der Waals surface area contributed by atoms with Crippen LogP contribution in [0.15, 0.2) is 11.0 Å². The van der Waals surface area contributed by atoms with E-state index in [0.29, 0.717) is 5.75 Å². The van der Waals surface area contributed by atoms with Gasteiger partial charge in [0, 0.05) is 7.05 Å². The van der Waals surface area contributed by atoms with Crippen molar-refractivity contribution >= 4 is 11.6 Å². The van der Waals surface area contributed by atoms with Gasteiger partial charge in [-0.25, -0.2) is 4.68 Å². The maximum absolute atomic E-state index is 11.3. The van der Waals surface area contributed by atoms with Gasteiger partial charge in [0.15, 0.2) is 10.8 Å². The standard InChI is InChI=1S/C8H11ClN2O2/c1-5(2)13-6-4-10-11(3)8(12)7(6)9/h4-5H,1-3H3. The zero-order valence-corrected chi connectivity index (χ0v) is 8.50. The van der Waals surface area contributed by atoms with E-state index < -0.39 is 0 Å². The molecule has 0 unspecified atom stereocenters. The summed E-state index contributed by atoms with van der Waals surface area (Å²) in [6.07, 6.45) is 1.41. The van der Waals surface area contributed by atoms with Crippen molar-refractivity contribution in [3.8, 4) is 5.75 Å². The van der Waals surface area contributed by atoms with E-state index >= 15 is 0 Å². The second kappa shape index (κ2) is 3.79. The average Bonchev–Trinajstić information content (AvgIpc) is 2.06. The van der Waals surface area contributed by atoms with E-state index in [2.05, 4.69) is 5.10 Å². The number of nitrogens with zero attached hydrogens (tertiary/aromatic N) is 2. The Balaban J connectivity index is 3.11. The van der Waals surface area contributed by atoms with E-state index in [1.54, 1.807) is 0 Å². The second-order valence-corrected chi connectivity index (χ2v) is 3.30. The van der Waals surface area contributed by atoms with Crippen LogP contribution in [0.5, 0.6) is 5.75 Å². The van der Waals surface area contributed by atoms with Gasteiger partial charge in [-0.15, -0.1) is 0 Å². The molecule has 5 heteroatoms. The summed E-state index contributed by atoms with van der Waals surface area (Å²) < 4.78 is 6.44. The lowest BCUT2D eigenvalue weighted by Crippen LogP contribution is -2.21. The molecule has 1 aromatic rings. The first-order valence-corrected chi connectivity index (χ1v) is 4.28. The van der Waals surface area contributed by atoms with Gasteiger partial charge in [-0.05, 0) is 13.8 Å². The molecule has 0 atom stereocenters. The minimum absolute atomic E-state index is 0.0218. The van der Waals surface area contributed by atoms with Crippen molar-refractivity contribution in [1.29, 1.82) is 0 Å². The molecule has 0 fully saturated rings. The van der Waals surface area contributed by atoms with Crippen molar-refractivity contribution in [2.75, 3.05) is 0 Å². The molecule has 0 aliphatic heterocycles. The van der Waals surface area contributed by atoms with Gasteiger partial charge in [-0.3, -0.25) is 4.79 Å². The summed E-state index contributed by atoms with van der Waals surface area (Å²) in [4.78, 5) is 11.3. The number of aromatic nitrogens is 2. The Morgan fingerprint density at radius 3 is 2.77 bits per heavy atom. The molecular formula is C8H11ClN2O2. The van der Waals surface area contributed by atoms with Crippen LogP contribution < -0.4 is 10.3 Å². The molecule has 1 heterocycles. The minimum atomic E-state index is -0.347. The smallest absolute Gasteiger partial charge is 0.289 e. The maximum Gasteiger partial charge on any atom is 0.289 e. The summed E-state index contributed by atoms with van der Waals surface area (Å²) >= 11 is 5.74. The molecule has 0 radical (unpaired) electrons. The molecule has 72 valence electrons. The first-order valence-electron chi connectivity index (χ1n) is 3.91. The normalized spacial score (nSPS) is 10.5. The molecule has 0 bridgehead atoms. The molecule has 13 heavy (non-hydrogen) atoms. The quantitative estimate of drug-likeness (QED) is 0.725. The summed E-state index contributed by atoms with van der Waals surface area (Å²) in [5.41, 5.74) is -0.347. The van der Waals surface area contributed by atoms with E-state index in [1.807, 2.05) is 13.8 Å². The Morgan fingerprint density at radius 1 is 1.62 bits per heavy atom. The summed E-state index contributed by atoms with van der Waals surface area (Å²) in [5.74, 6) is 0.333. The van der Waals surface area contributed by atoms with Crippen LogP contribution in [0, 0.1) is 0 Å². The van der Waals surface area contributed by atoms with Crippen molar-refractivity contribution in [3.63, 3.8) is 0 Å². The van der Waals surface area contributed by atoms with Gasteiger partial charge in [0.05, 0.1) is 12.3 Å². The van der Waals surface area contributed by atoms with Gasteiger partial charge < -0.3 is 4.74 Å². The van der Waals surface area contributed by atoms with Gasteiger partial charge in [-0.1, -0.05) is 11.6 Å². The molecule has 0 saturated heterocycles. The molecular weight excluding hydrogens is 192 g/mol. The number of halogens is 1. The van der Waals surface area contributed by atoms with E-state index in [-0.39, 0.29) is 16.7 Å². The largest absolute Gasteiger partial charge is 0.488 e. The zero-order valence-electron chi connectivity index (χ0n) is 7.74. The Kier molecular flexibility index (Phi) is 2.93. The SMILES string of the molecule is CC(C)Oc1cnn(C)c(=O)c1Cl. The molecule has 0 aromatic carbocycles. The van der Waals surface area contributed by atoms with Gasteiger partial charge in [-0.2, -0.15) is 5.10 Å².